The molecule has 0 radical (unpaired) electrons. The summed E-state index contributed by atoms with van der Waals surface area (Å²) in [7, 11) is 1.58. The molecule has 0 bridgehead atoms. The van der Waals surface area contributed by atoms with Gasteiger partial charge in [0.05, 0.1) is 7.11 Å². The number of amides is 2. The van der Waals surface area contributed by atoms with Gasteiger partial charge in [-0.3, -0.25) is 9.59 Å². The Hall–Kier alpha value is -2.53. The Bertz CT molecular complexity index is 835. The van der Waals surface area contributed by atoms with E-state index in [0.717, 1.165) is 11.3 Å². The highest BCUT2D eigenvalue weighted by molar-refractivity contribution is 6.31. The lowest BCUT2D eigenvalue weighted by Crippen LogP contribution is -2.57. The number of hydrogen-bond acceptors (Lipinski definition) is 3. The van der Waals surface area contributed by atoms with E-state index < -0.39 is 6.04 Å². The summed E-state index contributed by atoms with van der Waals surface area (Å²) >= 11 is 6.09. The molecule has 2 amide bonds. The quantitative estimate of drug-likeness (QED) is 0.828. The van der Waals surface area contributed by atoms with Crippen molar-refractivity contribution in [2.75, 3.05) is 25.1 Å². The number of ether oxygens (including phenoxy) is 1. The summed E-state index contributed by atoms with van der Waals surface area (Å²) in [6.07, 6.45) is 0. The van der Waals surface area contributed by atoms with Gasteiger partial charge in [-0.15, -0.1) is 0 Å². The molecule has 26 heavy (non-hydrogen) atoms. The number of benzene rings is 2. The van der Waals surface area contributed by atoms with Crippen LogP contribution in [0.15, 0.2) is 42.5 Å². The standard InChI is InChI=1S/C20H21ClN2O3/c1-13-4-7-16(21)12-18(13)23-11-10-22(14(2)19(23)24)20(25)15-5-8-17(26-3)9-6-15/h4-9,12,14H,10-11H2,1-3H3/t14-/m0/s1. The number of rotatable bonds is 3. The van der Waals surface area contributed by atoms with Crippen LogP contribution in [0.2, 0.25) is 5.02 Å². The molecule has 2 aromatic carbocycles. The van der Waals surface area contributed by atoms with Gasteiger partial charge in [0.2, 0.25) is 5.91 Å². The topological polar surface area (TPSA) is 49.9 Å². The maximum Gasteiger partial charge on any atom is 0.254 e. The van der Waals surface area contributed by atoms with Crippen LogP contribution in [-0.4, -0.2) is 43.0 Å². The average molecular weight is 373 g/mol. The van der Waals surface area contributed by atoms with Gasteiger partial charge in [-0.25, -0.2) is 0 Å². The molecule has 6 heteroatoms. The summed E-state index contributed by atoms with van der Waals surface area (Å²) in [5.41, 5.74) is 2.31. The number of piperazine rings is 1. The number of hydrogen-bond donors (Lipinski definition) is 0. The Morgan fingerprint density at radius 2 is 1.85 bits per heavy atom. The molecule has 1 saturated heterocycles. The molecule has 136 valence electrons. The number of anilines is 1. The third-order valence-corrected chi connectivity index (χ3v) is 4.95. The van der Waals surface area contributed by atoms with Crippen molar-refractivity contribution in [1.29, 1.82) is 0 Å². The summed E-state index contributed by atoms with van der Waals surface area (Å²) in [5.74, 6) is 0.423. The molecule has 0 aromatic heterocycles. The molecule has 1 heterocycles. The minimum atomic E-state index is -0.545. The van der Waals surface area contributed by atoms with E-state index in [2.05, 4.69) is 0 Å². The van der Waals surface area contributed by atoms with Gasteiger partial charge < -0.3 is 14.5 Å². The van der Waals surface area contributed by atoms with Crippen LogP contribution in [0, 0.1) is 6.92 Å². The van der Waals surface area contributed by atoms with Crippen molar-refractivity contribution in [3.8, 4) is 5.75 Å². The van der Waals surface area contributed by atoms with E-state index in [-0.39, 0.29) is 11.8 Å². The highest BCUT2D eigenvalue weighted by Gasteiger charge is 2.35. The zero-order chi connectivity index (χ0) is 18.8. The van der Waals surface area contributed by atoms with E-state index in [4.69, 9.17) is 16.3 Å². The van der Waals surface area contributed by atoms with Crippen molar-refractivity contribution in [2.45, 2.75) is 19.9 Å². The van der Waals surface area contributed by atoms with E-state index in [1.54, 1.807) is 60.2 Å². The average Bonchev–Trinajstić information content (AvgIpc) is 2.65. The summed E-state index contributed by atoms with van der Waals surface area (Å²) in [4.78, 5) is 29.0. The monoisotopic (exact) mass is 372 g/mol. The van der Waals surface area contributed by atoms with Crippen LogP contribution in [0.3, 0.4) is 0 Å². The van der Waals surface area contributed by atoms with Gasteiger partial charge in [0.15, 0.2) is 0 Å². The smallest absolute Gasteiger partial charge is 0.254 e. The van der Waals surface area contributed by atoms with Gasteiger partial charge in [-0.05, 0) is 55.8 Å². The highest BCUT2D eigenvalue weighted by atomic mass is 35.5. The highest BCUT2D eigenvalue weighted by Crippen LogP contribution is 2.28. The second-order valence-electron chi connectivity index (χ2n) is 6.32. The molecule has 2 aromatic rings. The van der Waals surface area contributed by atoms with Crippen molar-refractivity contribution in [1.82, 2.24) is 4.90 Å². The first-order valence-electron chi connectivity index (χ1n) is 8.45. The Labute approximate surface area is 158 Å². The third kappa shape index (κ3) is 3.40. The zero-order valence-electron chi connectivity index (χ0n) is 15.0. The van der Waals surface area contributed by atoms with E-state index in [0.29, 0.717) is 29.4 Å². The van der Waals surface area contributed by atoms with Crippen LogP contribution < -0.4 is 9.64 Å². The first-order chi connectivity index (χ1) is 12.4. The fourth-order valence-corrected chi connectivity index (χ4v) is 3.33. The van der Waals surface area contributed by atoms with E-state index in [1.165, 1.54) is 0 Å². The molecule has 0 N–H and O–H groups in total. The molecule has 0 saturated carbocycles. The number of halogens is 1. The lowest BCUT2D eigenvalue weighted by molar-refractivity contribution is -0.124. The lowest BCUT2D eigenvalue weighted by atomic mass is 10.1. The van der Waals surface area contributed by atoms with Crippen molar-refractivity contribution in [3.05, 3.63) is 58.6 Å². The van der Waals surface area contributed by atoms with Gasteiger partial charge in [0.1, 0.15) is 11.8 Å². The summed E-state index contributed by atoms with van der Waals surface area (Å²) in [6, 6.07) is 11.9. The van der Waals surface area contributed by atoms with Crippen LogP contribution in [0.4, 0.5) is 5.69 Å². The number of aryl methyl sites for hydroxylation is 1. The minimum Gasteiger partial charge on any atom is -0.497 e. The zero-order valence-corrected chi connectivity index (χ0v) is 15.8. The molecule has 0 unspecified atom stereocenters. The van der Waals surface area contributed by atoms with E-state index in [9.17, 15) is 9.59 Å². The molecule has 5 nitrogen and oxygen atoms in total. The van der Waals surface area contributed by atoms with Crippen molar-refractivity contribution in [3.63, 3.8) is 0 Å². The summed E-state index contributed by atoms with van der Waals surface area (Å²) in [6.45, 7) is 4.60. The Kier molecular flexibility index (Phi) is 5.18. The predicted octanol–water partition coefficient (Wildman–Crippen LogP) is 3.53. The van der Waals surface area contributed by atoms with Crippen molar-refractivity contribution >= 4 is 29.1 Å². The molecule has 0 spiro atoms. The maximum atomic E-state index is 12.9. The summed E-state index contributed by atoms with van der Waals surface area (Å²) in [5, 5.41) is 0.586. The molecule has 1 atom stereocenters. The van der Waals surface area contributed by atoms with Gasteiger partial charge in [0.25, 0.3) is 5.91 Å². The SMILES string of the molecule is COc1ccc(C(=O)N2CCN(c3cc(Cl)ccc3C)C(=O)[C@@H]2C)cc1. The summed E-state index contributed by atoms with van der Waals surface area (Å²) < 4.78 is 5.12. The number of carbonyl (C=O) groups is 2. The van der Waals surface area contributed by atoms with E-state index >= 15 is 0 Å². The molecule has 1 aliphatic rings. The number of methoxy groups -OCH3 is 1. The molecule has 1 fully saturated rings. The Morgan fingerprint density at radius 3 is 2.50 bits per heavy atom. The predicted molar refractivity (Wildman–Crippen MR) is 102 cm³/mol. The Morgan fingerprint density at radius 1 is 1.15 bits per heavy atom. The second kappa shape index (κ2) is 7.38. The molecule has 0 aliphatic carbocycles. The van der Waals surface area contributed by atoms with Crippen LogP contribution in [0.5, 0.6) is 5.75 Å². The molecule has 3 rings (SSSR count). The van der Waals surface area contributed by atoms with Crippen molar-refractivity contribution < 1.29 is 14.3 Å². The van der Waals surface area contributed by atoms with Gasteiger partial charge in [-0.1, -0.05) is 17.7 Å². The number of carbonyl (C=O) groups excluding carboxylic acids is 2. The van der Waals surface area contributed by atoms with Gasteiger partial charge >= 0.3 is 0 Å². The van der Waals surface area contributed by atoms with Crippen LogP contribution in [-0.2, 0) is 4.79 Å². The minimum absolute atomic E-state index is 0.108. The fourth-order valence-electron chi connectivity index (χ4n) is 3.16. The maximum absolute atomic E-state index is 12.9. The molecular weight excluding hydrogens is 352 g/mol. The first kappa shape index (κ1) is 18.3. The van der Waals surface area contributed by atoms with Crippen LogP contribution >= 0.6 is 11.6 Å². The normalized spacial score (nSPS) is 17.4. The molecule has 1 aliphatic heterocycles. The third-order valence-electron chi connectivity index (χ3n) is 4.72. The largest absolute Gasteiger partial charge is 0.497 e. The Balaban J connectivity index is 1.80. The second-order valence-corrected chi connectivity index (χ2v) is 6.76. The van der Waals surface area contributed by atoms with Crippen LogP contribution in [0.25, 0.3) is 0 Å². The molecular formula is C20H21ClN2O3. The number of nitrogens with zero attached hydrogens (tertiary/aromatic N) is 2. The van der Waals surface area contributed by atoms with Gasteiger partial charge in [0, 0.05) is 29.4 Å². The van der Waals surface area contributed by atoms with Gasteiger partial charge in [-0.2, -0.15) is 0 Å². The van der Waals surface area contributed by atoms with E-state index in [1.807, 2.05) is 13.0 Å². The van der Waals surface area contributed by atoms with Crippen molar-refractivity contribution in [2.24, 2.45) is 0 Å². The fraction of sp³-hybridized carbons (Fsp3) is 0.300. The van der Waals surface area contributed by atoms with Crippen LogP contribution in [0.1, 0.15) is 22.8 Å². The lowest BCUT2D eigenvalue weighted by Gasteiger charge is -2.39. The first-order valence-corrected chi connectivity index (χ1v) is 8.82.